The molecule has 0 saturated carbocycles. The van der Waals surface area contributed by atoms with Gasteiger partial charge in [-0.3, -0.25) is 0 Å². The average molecular weight is 323 g/mol. The number of thiophene rings is 1. The second-order valence-corrected chi connectivity index (χ2v) is 6.78. The fraction of sp³-hybridized carbons (Fsp3) is 0.643. The summed E-state index contributed by atoms with van der Waals surface area (Å²) in [6.45, 7) is 0. The molecule has 2 aliphatic rings. The summed E-state index contributed by atoms with van der Waals surface area (Å²) in [6, 6.07) is 2.02. The Morgan fingerprint density at radius 1 is 1.41 bits per heavy atom. The molecule has 0 aromatic carbocycles. The van der Waals surface area contributed by atoms with E-state index in [4.69, 9.17) is 4.74 Å². The van der Waals surface area contributed by atoms with Crippen molar-refractivity contribution in [3.63, 3.8) is 0 Å². The van der Waals surface area contributed by atoms with Crippen molar-refractivity contribution < 1.29 is 42.3 Å². The third-order valence-corrected chi connectivity index (χ3v) is 5.57. The molecule has 0 aliphatic carbocycles. The van der Waals surface area contributed by atoms with E-state index in [0.29, 0.717) is 23.4 Å². The van der Waals surface area contributed by atoms with Crippen molar-refractivity contribution in [2.45, 2.75) is 50.3 Å². The molecule has 1 aromatic heterocycles. The van der Waals surface area contributed by atoms with Gasteiger partial charge in [0.25, 0.3) is 6.43 Å². The van der Waals surface area contributed by atoms with E-state index in [0.717, 1.165) is 31.7 Å². The topological polar surface area (TPSA) is 52.6 Å². The number of rotatable bonds is 4. The molecular formula is C14H16F2LiNO3S. The van der Waals surface area contributed by atoms with Gasteiger partial charge in [0.05, 0.1) is 15.7 Å². The summed E-state index contributed by atoms with van der Waals surface area (Å²) in [5.74, 6) is -1.43. The summed E-state index contributed by atoms with van der Waals surface area (Å²) in [6.07, 6.45) is 1.02. The first kappa shape index (κ1) is 17.7. The van der Waals surface area contributed by atoms with Crippen molar-refractivity contribution in [3.05, 3.63) is 15.8 Å². The van der Waals surface area contributed by atoms with Gasteiger partial charge in [0.2, 0.25) is 0 Å². The zero-order chi connectivity index (χ0) is 15.1. The molecule has 2 atom stereocenters. The third-order valence-electron chi connectivity index (χ3n) is 4.47. The number of ether oxygens (including phenoxy) is 1. The van der Waals surface area contributed by atoms with Crippen LogP contribution in [0.4, 0.5) is 8.78 Å². The van der Waals surface area contributed by atoms with Crippen molar-refractivity contribution in [2.75, 3.05) is 7.05 Å². The third kappa shape index (κ3) is 3.33. The first-order valence-electron chi connectivity index (χ1n) is 6.97. The van der Waals surface area contributed by atoms with Crippen molar-refractivity contribution in [3.8, 4) is 5.75 Å². The summed E-state index contributed by atoms with van der Waals surface area (Å²) in [7, 11) is 2.09. The maximum atomic E-state index is 12.7. The minimum atomic E-state index is -2.70. The summed E-state index contributed by atoms with van der Waals surface area (Å²) in [5.41, 5.74) is 0. The number of halogens is 2. The second kappa shape index (κ2) is 6.87. The number of aromatic carboxylic acids is 1. The number of hydrogen-bond acceptors (Lipinski definition) is 5. The molecule has 0 amide bonds. The zero-order valence-electron chi connectivity index (χ0n) is 12.6. The van der Waals surface area contributed by atoms with Gasteiger partial charge < -0.3 is 19.5 Å². The Labute approximate surface area is 143 Å². The van der Waals surface area contributed by atoms with Crippen molar-refractivity contribution >= 4 is 17.3 Å². The van der Waals surface area contributed by atoms with Gasteiger partial charge in [-0.1, -0.05) is 0 Å². The summed E-state index contributed by atoms with van der Waals surface area (Å²) in [4.78, 5) is 12.9. The Morgan fingerprint density at radius 3 is 2.50 bits per heavy atom. The van der Waals surface area contributed by atoms with Crippen LogP contribution in [0.15, 0.2) is 6.07 Å². The molecule has 2 aliphatic heterocycles. The molecule has 2 saturated heterocycles. The van der Waals surface area contributed by atoms with Crippen molar-refractivity contribution in [1.82, 2.24) is 4.90 Å². The van der Waals surface area contributed by atoms with E-state index in [1.807, 2.05) is 0 Å². The van der Waals surface area contributed by atoms with Crippen LogP contribution >= 0.6 is 11.3 Å². The van der Waals surface area contributed by atoms with Gasteiger partial charge in [0.15, 0.2) is 0 Å². The number of carbonyl (C=O) groups is 1. The number of nitrogens with zero attached hydrogens (tertiary/aromatic N) is 1. The largest absolute Gasteiger partial charge is 1.00 e. The molecular weight excluding hydrogens is 307 g/mol. The molecule has 2 bridgehead atoms. The minimum absolute atomic E-state index is 0. The van der Waals surface area contributed by atoms with Crippen LogP contribution in [-0.2, 0) is 0 Å². The van der Waals surface area contributed by atoms with E-state index in [-0.39, 0.29) is 40.5 Å². The Kier molecular flexibility index (Phi) is 5.54. The molecule has 3 rings (SSSR count). The SMILES string of the molecule is CN1C2CCC1CC(Oc1cc(C(F)F)sc1C(=O)[O-])C2.[Li+]. The van der Waals surface area contributed by atoms with E-state index >= 15 is 0 Å². The molecule has 8 heteroatoms. The molecule has 116 valence electrons. The first-order chi connectivity index (χ1) is 9.95. The van der Waals surface area contributed by atoms with E-state index in [9.17, 15) is 18.7 Å². The molecule has 0 spiro atoms. The normalized spacial score (nSPS) is 27.7. The van der Waals surface area contributed by atoms with Gasteiger partial charge in [-0.05, 0) is 32.7 Å². The summed E-state index contributed by atoms with van der Waals surface area (Å²) in [5, 5.41) is 11.1. The van der Waals surface area contributed by atoms with E-state index in [1.54, 1.807) is 0 Å². The fourth-order valence-electron chi connectivity index (χ4n) is 3.37. The number of carboxylic acid groups (broad SMARTS) is 1. The Hall–Kier alpha value is -0.613. The molecule has 1 aromatic rings. The number of hydrogen-bond donors (Lipinski definition) is 0. The van der Waals surface area contributed by atoms with Crippen LogP contribution in [0.3, 0.4) is 0 Å². The van der Waals surface area contributed by atoms with E-state index in [1.165, 1.54) is 0 Å². The first-order valence-corrected chi connectivity index (χ1v) is 7.79. The predicted octanol–water partition coefficient (Wildman–Crippen LogP) is -0.943. The van der Waals surface area contributed by atoms with Crippen LogP contribution in [0.5, 0.6) is 5.75 Å². The second-order valence-electron chi connectivity index (χ2n) is 5.69. The maximum Gasteiger partial charge on any atom is 1.00 e. The Balaban J connectivity index is 0.00000176. The van der Waals surface area contributed by atoms with Gasteiger partial charge >= 0.3 is 18.9 Å². The van der Waals surface area contributed by atoms with Crippen molar-refractivity contribution in [1.29, 1.82) is 0 Å². The van der Waals surface area contributed by atoms with Gasteiger partial charge in [0, 0.05) is 18.2 Å². The number of carboxylic acids is 1. The summed E-state index contributed by atoms with van der Waals surface area (Å²) >= 11 is 0.535. The molecule has 0 radical (unpaired) electrons. The standard InChI is InChI=1S/C14H17F2NO3S.Li/c1-17-7-2-3-8(17)5-9(4-7)20-10-6-11(13(15)16)21-12(10)14(18)19;/h6-9,13H,2-5H2,1H3,(H,18,19);/q;+1/p-1. The van der Waals surface area contributed by atoms with Crippen LogP contribution in [0.25, 0.3) is 0 Å². The molecule has 3 heterocycles. The fourth-order valence-corrected chi connectivity index (χ4v) is 4.15. The van der Waals surface area contributed by atoms with E-state index < -0.39 is 12.4 Å². The van der Waals surface area contributed by atoms with Gasteiger partial charge in [0.1, 0.15) is 11.9 Å². The molecule has 2 unspecified atom stereocenters. The molecule has 22 heavy (non-hydrogen) atoms. The van der Waals surface area contributed by atoms with Crippen LogP contribution in [-0.4, -0.2) is 36.1 Å². The monoisotopic (exact) mass is 323 g/mol. The summed E-state index contributed by atoms with van der Waals surface area (Å²) < 4.78 is 31.2. The Bertz CT molecular complexity index is 540. The molecule has 0 N–H and O–H groups in total. The zero-order valence-corrected chi connectivity index (χ0v) is 13.4. The maximum absolute atomic E-state index is 12.7. The number of carbonyl (C=O) groups excluding carboxylic acids is 1. The molecule has 4 nitrogen and oxygen atoms in total. The number of piperidine rings is 1. The van der Waals surface area contributed by atoms with Crippen molar-refractivity contribution in [2.24, 2.45) is 0 Å². The minimum Gasteiger partial charge on any atom is -0.544 e. The number of alkyl halides is 2. The van der Waals surface area contributed by atoms with Gasteiger partial charge in [-0.25, -0.2) is 8.78 Å². The number of fused-ring (bicyclic) bond motifs is 2. The van der Waals surface area contributed by atoms with Gasteiger partial charge in [-0.15, -0.1) is 11.3 Å². The van der Waals surface area contributed by atoms with Crippen LogP contribution in [0, 0.1) is 0 Å². The molecule has 2 fully saturated rings. The van der Waals surface area contributed by atoms with Crippen LogP contribution < -0.4 is 28.7 Å². The predicted molar refractivity (Wildman–Crippen MR) is 71.8 cm³/mol. The van der Waals surface area contributed by atoms with Gasteiger partial charge in [-0.2, -0.15) is 0 Å². The van der Waals surface area contributed by atoms with Crippen LogP contribution in [0.2, 0.25) is 0 Å². The average Bonchev–Trinajstić information content (AvgIpc) is 2.89. The van der Waals surface area contributed by atoms with E-state index in [2.05, 4.69) is 11.9 Å². The quantitative estimate of drug-likeness (QED) is 0.671. The Morgan fingerprint density at radius 2 is 2.00 bits per heavy atom. The smallest absolute Gasteiger partial charge is 0.544 e. The van der Waals surface area contributed by atoms with Crippen LogP contribution in [0.1, 0.15) is 46.7 Å².